The second-order valence-electron chi connectivity index (χ2n) is 6.18. The number of benzene rings is 1. The smallest absolute Gasteiger partial charge is 0.250 e. The molecule has 0 radical (unpaired) electrons. The standard InChI is InChI=1S/C18H24N2O3S2/c1-12-10-13(2)18(14(3)11-12)20(16(5)21)9-8-19-25(22,23)17-7-6-15(4)24-17/h6-7,10-11,19H,8-9H2,1-5H3. The number of sulfonamides is 1. The number of carbonyl (C=O) groups excluding carboxylic acids is 1. The molecular weight excluding hydrogens is 356 g/mol. The van der Waals surface area contributed by atoms with Gasteiger partial charge in [0.25, 0.3) is 0 Å². The van der Waals surface area contributed by atoms with Gasteiger partial charge in [0, 0.05) is 30.6 Å². The van der Waals surface area contributed by atoms with E-state index in [2.05, 4.69) is 4.72 Å². The summed E-state index contributed by atoms with van der Waals surface area (Å²) in [6, 6.07) is 7.42. The Hall–Kier alpha value is -1.70. The van der Waals surface area contributed by atoms with Crippen LogP contribution in [0.5, 0.6) is 0 Å². The molecule has 0 fully saturated rings. The van der Waals surface area contributed by atoms with Crippen LogP contribution in [0, 0.1) is 27.7 Å². The molecule has 0 saturated carbocycles. The normalized spacial score (nSPS) is 11.6. The Balaban J connectivity index is 2.15. The summed E-state index contributed by atoms with van der Waals surface area (Å²) >= 11 is 1.23. The number of nitrogens with zero attached hydrogens (tertiary/aromatic N) is 1. The Morgan fingerprint density at radius 2 is 1.72 bits per heavy atom. The first-order chi connectivity index (χ1) is 11.6. The highest BCUT2D eigenvalue weighted by molar-refractivity contribution is 7.91. The number of hydrogen-bond acceptors (Lipinski definition) is 4. The van der Waals surface area contributed by atoms with E-state index in [0.29, 0.717) is 4.21 Å². The average molecular weight is 381 g/mol. The minimum Gasteiger partial charge on any atom is -0.311 e. The van der Waals surface area contributed by atoms with Gasteiger partial charge in [-0.25, -0.2) is 13.1 Å². The molecule has 0 spiro atoms. The van der Waals surface area contributed by atoms with Gasteiger partial charge < -0.3 is 4.90 Å². The molecule has 2 rings (SSSR count). The lowest BCUT2D eigenvalue weighted by molar-refractivity contribution is -0.116. The largest absolute Gasteiger partial charge is 0.311 e. The molecular formula is C18H24N2O3S2. The van der Waals surface area contributed by atoms with Crippen LogP contribution in [0.1, 0.15) is 28.5 Å². The van der Waals surface area contributed by atoms with Crippen molar-refractivity contribution in [3.8, 4) is 0 Å². The SMILES string of the molecule is CC(=O)N(CCNS(=O)(=O)c1ccc(C)s1)c1c(C)cc(C)cc1C. The van der Waals surface area contributed by atoms with E-state index < -0.39 is 10.0 Å². The van der Waals surface area contributed by atoms with E-state index >= 15 is 0 Å². The summed E-state index contributed by atoms with van der Waals surface area (Å²) in [7, 11) is -3.54. The van der Waals surface area contributed by atoms with Gasteiger partial charge in [0.15, 0.2) is 0 Å². The van der Waals surface area contributed by atoms with Crippen LogP contribution < -0.4 is 9.62 Å². The first-order valence-electron chi connectivity index (χ1n) is 8.04. The molecule has 136 valence electrons. The second kappa shape index (κ2) is 7.68. The molecule has 1 heterocycles. The molecule has 0 aliphatic rings. The van der Waals surface area contributed by atoms with Crippen molar-refractivity contribution in [3.05, 3.63) is 45.8 Å². The number of aryl methyl sites for hydroxylation is 4. The van der Waals surface area contributed by atoms with Crippen LogP contribution in [0.2, 0.25) is 0 Å². The maximum absolute atomic E-state index is 12.3. The maximum Gasteiger partial charge on any atom is 0.250 e. The van der Waals surface area contributed by atoms with Crippen molar-refractivity contribution in [2.45, 2.75) is 38.8 Å². The third-order valence-corrected chi connectivity index (χ3v) is 6.85. The molecule has 0 atom stereocenters. The predicted molar refractivity (Wildman–Crippen MR) is 103 cm³/mol. The lowest BCUT2D eigenvalue weighted by Crippen LogP contribution is -2.38. The number of rotatable bonds is 6. The number of thiophene rings is 1. The third-order valence-electron chi connectivity index (χ3n) is 3.89. The van der Waals surface area contributed by atoms with Crippen LogP contribution in [-0.4, -0.2) is 27.4 Å². The Bertz CT molecular complexity index is 862. The van der Waals surface area contributed by atoms with Gasteiger partial charge in [-0.05, 0) is 51.0 Å². The maximum atomic E-state index is 12.3. The van der Waals surface area contributed by atoms with E-state index in [4.69, 9.17) is 0 Å². The molecule has 25 heavy (non-hydrogen) atoms. The van der Waals surface area contributed by atoms with E-state index in [1.54, 1.807) is 17.0 Å². The van der Waals surface area contributed by atoms with Crippen LogP contribution in [-0.2, 0) is 14.8 Å². The van der Waals surface area contributed by atoms with Crippen molar-refractivity contribution >= 4 is 33.0 Å². The van der Waals surface area contributed by atoms with Gasteiger partial charge >= 0.3 is 0 Å². The summed E-state index contributed by atoms with van der Waals surface area (Å²) in [5.41, 5.74) is 3.99. The zero-order valence-electron chi connectivity index (χ0n) is 15.2. The minimum atomic E-state index is -3.54. The van der Waals surface area contributed by atoms with E-state index in [1.165, 1.54) is 18.3 Å². The second-order valence-corrected chi connectivity index (χ2v) is 9.46. The van der Waals surface area contributed by atoms with Gasteiger partial charge in [0.05, 0.1) is 0 Å². The highest BCUT2D eigenvalue weighted by Crippen LogP contribution is 2.26. The summed E-state index contributed by atoms with van der Waals surface area (Å²) < 4.78 is 27.5. The van der Waals surface area contributed by atoms with Gasteiger partial charge in [-0.3, -0.25) is 4.79 Å². The highest BCUT2D eigenvalue weighted by atomic mass is 32.2. The number of hydrogen-bond donors (Lipinski definition) is 1. The van der Waals surface area contributed by atoms with Gasteiger partial charge in [-0.15, -0.1) is 11.3 Å². The fraction of sp³-hybridized carbons (Fsp3) is 0.389. The van der Waals surface area contributed by atoms with Gasteiger partial charge in [0.1, 0.15) is 4.21 Å². The minimum absolute atomic E-state index is 0.110. The molecule has 0 unspecified atom stereocenters. The van der Waals surface area contributed by atoms with Gasteiger partial charge in [0.2, 0.25) is 15.9 Å². The summed E-state index contributed by atoms with van der Waals surface area (Å²) in [6.45, 7) is 9.74. The van der Waals surface area contributed by atoms with Gasteiger partial charge in [-0.1, -0.05) is 17.7 Å². The van der Waals surface area contributed by atoms with Crippen molar-refractivity contribution < 1.29 is 13.2 Å². The van der Waals surface area contributed by atoms with Crippen LogP contribution in [0.15, 0.2) is 28.5 Å². The molecule has 0 saturated heterocycles. The molecule has 0 aliphatic heterocycles. The molecule has 7 heteroatoms. The number of nitrogens with one attached hydrogen (secondary N) is 1. The zero-order valence-corrected chi connectivity index (χ0v) is 16.8. The van der Waals surface area contributed by atoms with Crippen molar-refractivity contribution in [1.82, 2.24) is 4.72 Å². The summed E-state index contributed by atoms with van der Waals surface area (Å²) in [6.07, 6.45) is 0. The van der Waals surface area contributed by atoms with E-state index in [1.807, 2.05) is 39.8 Å². The summed E-state index contributed by atoms with van der Waals surface area (Å²) in [5, 5.41) is 0. The summed E-state index contributed by atoms with van der Waals surface area (Å²) in [4.78, 5) is 14.7. The fourth-order valence-corrected chi connectivity index (χ4v) is 5.29. The molecule has 1 N–H and O–H groups in total. The fourth-order valence-electron chi connectivity index (χ4n) is 2.94. The number of carbonyl (C=O) groups is 1. The van der Waals surface area contributed by atoms with Crippen molar-refractivity contribution in [1.29, 1.82) is 0 Å². The van der Waals surface area contributed by atoms with Gasteiger partial charge in [-0.2, -0.15) is 0 Å². The predicted octanol–water partition coefficient (Wildman–Crippen LogP) is 3.31. The summed E-state index contributed by atoms with van der Waals surface area (Å²) in [5.74, 6) is -0.110. The molecule has 1 aromatic carbocycles. The van der Waals surface area contributed by atoms with Crippen LogP contribution in [0.3, 0.4) is 0 Å². The Morgan fingerprint density at radius 1 is 1.12 bits per heavy atom. The zero-order chi connectivity index (χ0) is 18.8. The molecule has 1 aromatic heterocycles. The third kappa shape index (κ3) is 4.68. The first kappa shape index (κ1) is 19.6. The van der Waals surface area contributed by atoms with Crippen molar-refractivity contribution in [2.24, 2.45) is 0 Å². The molecule has 0 bridgehead atoms. The van der Waals surface area contributed by atoms with Crippen molar-refractivity contribution in [3.63, 3.8) is 0 Å². The molecule has 5 nitrogen and oxygen atoms in total. The lowest BCUT2D eigenvalue weighted by atomic mass is 10.0. The quantitative estimate of drug-likeness (QED) is 0.836. The van der Waals surface area contributed by atoms with E-state index in [0.717, 1.165) is 27.3 Å². The van der Waals surface area contributed by atoms with E-state index in [-0.39, 0.29) is 19.0 Å². The van der Waals surface area contributed by atoms with Crippen LogP contribution >= 0.6 is 11.3 Å². The number of anilines is 1. The first-order valence-corrected chi connectivity index (χ1v) is 10.3. The van der Waals surface area contributed by atoms with Crippen LogP contribution in [0.4, 0.5) is 5.69 Å². The Kier molecular flexibility index (Phi) is 6.03. The Morgan fingerprint density at radius 3 is 2.20 bits per heavy atom. The van der Waals surface area contributed by atoms with Crippen LogP contribution in [0.25, 0.3) is 0 Å². The molecule has 2 aromatic rings. The highest BCUT2D eigenvalue weighted by Gasteiger charge is 2.19. The number of amides is 1. The Labute approximate surface area is 153 Å². The monoisotopic (exact) mass is 380 g/mol. The average Bonchev–Trinajstić information content (AvgIpc) is 2.91. The van der Waals surface area contributed by atoms with E-state index in [9.17, 15) is 13.2 Å². The lowest BCUT2D eigenvalue weighted by Gasteiger charge is -2.25. The molecule has 1 amide bonds. The molecule has 0 aliphatic carbocycles. The van der Waals surface area contributed by atoms with Crippen molar-refractivity contribution in [2.75, 3.05) is 18.0 Å². The topological polar surface area (TPSA) is 66.5 Å².